The van der Waals surface area contributed by atoms with E-state index in [1.807, 2.05) is 18.2 Å². The highest BCUT2D eigenvalue weighted by molar-refractivity contribution is 14.1. The number of amides is 1. The summed E-state index contributed by atoms with van der Waals surface area (Å²) in [5.74, 6) is -0.598. The molecule has 0 atom stereocenters. The van der Waals surface area contributed by atoms with Crippen molar-refractivity contribution in [2.24, 2.45) is 5.73 Å². The van der Waals surface area contributed by atoms with Crippen LogP contribution in [0.2, 0.25) is 0 Å². The minimum absolute atomic E-state index is 0.149. The van der Waals surface area contributed by atoms with Gasteiger partial charge in [-0.2, -0.15) is 15.4 Å². The molecule has 0 saturated heterocycles. The van der Waals surface area contributed by atoms with Gasteiger partial charge in [0.2, 0.25) is 0 Å². The van der Waals surface area contributed by atoms with E-state index in [-0.39, 0.29) is 5.69 Å². The van der Waals surface area contributed by atoms with Crippen LogP contribution in [0, 0.1) is 3.57 Å². The Kier molecular flexibility index (Phi) is 3.24. The van der Waals surface area contributed by atoms with Gasteiger partial charge in [0.25, 0.3) is 5.91 Å². The fourth-order valence-corrected chi connectivity index (χ4v) is 2.26. The number of carbonyl (C=O) groups excluding carboxylic acids is 1. The first-order chi connectivity index (χ1) is 7.61. The summed E-state index contributed by atoms with van der Waals surface area (Å²) in [5.41, 5.74) is 6.65. The number of hydrogen-bond donors (Lipinski definition) is 2. The summed E-state index contributed by atoms with van der Waals surface area (Å²) >= 11 is 5.58. The molecule has 82 valence electrons. The smallest absolute Gasteiger partial charge is 0.271 e. The Labute approximate surface area is 113 Å². The van der Waals surface area contributed by atoms with Gasteiger partial charge >= 0.3 is 0 Å². The van der Waals surface area contributed by atoms with Crippen molar-refractivity contribution < 1.29 is 4.79 Å². The Morgan fingerprint density at radius 3 is 2.88 bits per heavy atom. The Bertz CT molecular complexity index is 554. The number of carbonyl (C=O) groups is 1. The maximum Gasteiger partial charge on any atom is 0.271 e. The molecule has 0 bridgehead atoms. The number of rotatable bonds is 2. The molecule has 16 heavy (non-hydrogen) atoms. The summed E-state index contributed by atoms with van der Waals surface area (Å²) < 4.78 is 1.89. The van der Waals surface area contributed by atoms with E-state index in [0.29, 0.717) is 5.69 Å². The van der Waals surface area contributed by atoms with Crippen molar-refractivity contribution >= 4 is 44.4 Å². The Hall–Kier alpha value is -0.960. The number of hydrogen-bond acceptors (Lipinski definition) is 3. The van der Waals surface area contributed by atoms with E-state index in [4.69, 9.17) is 5.73 Å². The normalized spacial score (nSPS) is 10.4. The fourth-order valence-electron chi connectivity index (χ4n) is 1.28. The van der Waals surface area contributed by atoms with Gasteiger partial charge in [0, 0.05) is 13.6 Å². The number of nitrogens with two attached hydrogens (primary N) is 1. The van der Waals surface area contributed by atoms with Gasteiger partial charge < -0.3 is 5.73 Å². The lowest BCUT2D eigenvalue weighted by atomic mass is 10.1. The van der Waals surface area contributed by atoms with E-state index in [1.54, 1.807) is 0 Å². The quantitative estimate of drug-likeness (QED) is 0.766. The summed E-state index contributed by atoms with van der Waals surface area (Å²) in [6, 6.07) is 5.63. The minimum atomic E-state index is -0.598. The molecule has 1 heterocycles. The third-order valence-electron chi connectivity index (χ3n) is 1.99. The molecule has 0 aliphatic carbocycles. The molecular formula is C9H6BrIN4O. The lowest BCUT2D eigenvalue weighted by molar-refractivity contribution is 0.0996. The molecule has 1 aromatic heterocycles. The standard InChI is InChI=1S/C9H6BrIN4O/c10-5-3-1-2-4(6(5)11)7-8(9(12)16)14-15-13-7/h1-3H,(H2,12,16)(H,13,14,15). The van der Waals surface area contributed by atoms with Crippen LogP contribution >= 0.6 is 38.5 Å². The zero-order chi connectivity index (χ0) is 11.7. The third kappa shape index (κ3) is 1.96. The largest absolute Gasteiger partial charge is 0.364 e. The van der Waals surface area contributed by atoms with Gasteiger partial charge in [-0.3, -0.25) is 4.79 Å². The van der Waals surface area contributed by atoms with Crippen LogP contribution in [0.15, 0.2) is 22.7 Å². The van der Waals surface area contributed by atoms with E-state index in [9.17, 15) is 4.79 Å². The van der Waals surface area contributed by atoms with Crippen molar-refractivity contribution in [2.45, 2.75) is 0 Å². The van der Waals surface area contributed by atoms with Crippen LogP contribution in [-0.2, 0) is 0 Å². The molecule has 0 aliphatic heterocycles. The molecule has 1 aromatic carbocycles. The summed E-state index contributed by atoms with van der Waals surface area (Å²) in [7, 11) is 0. The predicted octanol–water partition coefficient (Wildman–Crippen LogP) is 1.94. The minimum Gasteiger partial charge on any atom is -0.364 e. The molecule has 0 fully saturated rings. The maximum absolute atomic E-state index is 11.1. The second kappa shape index (κ2) is 4.50. The summed E-state index contributed by atoms with van der Waals surface area (Å²) in [6.07, 6.45) is 0. The molecular weight excluding hydrogens is 387 g/mol. The van der Waals surface area contributed by atoms with E-state index < -0.39 is 5.91 Å². The SMILES string of the molecule is NC(=O)c1n[nH]nc1-c1cccc(Br)c1I. The van der Waals surface area contributed by atoms with Gasteiger partial charge in [-0.15, -0.1) is 0 Å². The number of nitrogens with zero attached hydrogens (tertiary/aromatic N) is 2. The lowest BCUT2D eigenvalue weighted by Crippen LogP contribution is -2.13. The Morgan fingerprint density at radius 1 is 1.44 bits per heavy atom. The van der Waals surface area contributed by atoms with Crippen LogP contribution in [0.3, 0.4) is 0 Å². The molecule has 2 aromatic rings. The molecule has 3 N–H and O–H groups in total. The van der Waals surface area contributed by atoms with Gasteiger partial charge in [0.05, 0.1) is 0 Å². The number of aromatic amines is 1. The Balaban J connectivity index is 2.63. The van der Waals surface area contributed by atoms with Crippen molar-refractivity contribution in [1.29, 1.82) is 0 Å². The first-order valence-electron chi connectivity index (χ1n) is 4.26. The molecule has 1 amide bonds. The van der Waals surface area contributed by atoms with Crippen LogP contribution < -0.4 is 5.73 Å². The first kappa shape index (κ1) is 11.5. The van der Waals surface area contributed by atoms with Crippen molar-refractivity contribution in [3.63, 3.8) is 0 Å². The highest BCUT2D eigenvalue weighted by Crippen LogP contribution is 2.30. The zero-order valence-corrected chi connectivity index (χ0v) is 11.6. The van der Waals surface area contributed by atoms with Crippen LogP contribution in [0.1, 0.15) is 10.5 Å². The van der Waals surface area contributed by atoms with Crippen molar-refractivity contribution in [1.82, 2.24) is 15.4 Å². The number of benzene rings is 1. The van der Waals surface area contributed by atoms with Gasteiger partial charge in [0.15, 0.2) is 5.69 Å². The zero-order valence-electron chi connectivity index (χ0n) is 7.87. The Morgan fingerprint density at radius 2 is 2.19 bits per heavy atom. The number of halogens is 2. The number of primary amides is 1. The van der Waals surface area contributed by atoms with Crippen molar-refractivity contribution in [2.75, 3.05) is 0 Å². The van der Waals surface area contributed by atoms with Crippen LogP contribution in [0.5, 0.6) is 0 Å². The monoisotopic (exact) mass is 392 g/mol. The van der Waals surface area contributed by atoms with Crippen LogP contribution in [0.25, 0.3) is 11.3 Å². The molecule has 0 spiro atoms. The second-order valence-electron chi connectivity index (χ2n) is 2.99. The van der Waals surface area contributed by atoms with E-state index in [2.05, 4.69) is 53.9 Å². The maximum atomic E-state index is 11.1. The summed E-state index contributed by atoms with van der Waals surface area (Å²) in [6.45, 7) is 0. The van der Waals surface area contributed by atoms with Gasteiger partial charge in [-0.25, -0.2) is 0 Å². The van der Waals surface area contributed by atoms with Gasteiger partial charge in [-0.05, 0) is 44.6 Å². The predicted molar refractivity (Wildman–Crippen MR) is 70.8 cm³/mol. The van der Waals surface area contributed by atoms with E-state index in [0.717, 1.165) is 13.6 Å². The number of nitrogens with one attached hydrogen (secondary N) is 1. The third-order valence-corrected chi connectivity index (χ3v) is 4.55. The lowest BCUT2D eigenvalue weighted by Gasteiger charge is -2.03. The van der Waals surface area contributed by atoms with Crippen LogP contribution in [0.4, 0.5) is 0 Å². The van der Waals surface area contributed by atoms with E-state index >= 15 is 0 Å². The topological polar surface area (TPSA) is 84.7 Å². The molecule has 0 saturated carbocycles. The van der Waals surface area contributed by atoms with E-state index in [1.165, 1.54) is 0 Å². The average Bonchev–Trinajstić information content (AvgIpc) is 2.70. The van der Waals surface area contributed by atoms with Crippen molar-refractivity contribution in [3.8, 4) is 11.3 Å². The van der Waals surface area contributed by atoms with Gasteiger partial charge in [-0.1, -0.05) is 12.1 Å². The molecule has 0 radical (unpaired) electrons. The first-order valence-corrected chi connectivity index (χ1v) is 6.13. The number of H-pyrrole nitrogens is 1. The van der Waals surface area contributed by atoms with Crippen molar-refractivity contribution in [3.05, 3.63) is 31.9 Å². The van der Waals surface area contributed by atoms with Crippen LogP contribution in [-0.4, -0.2) is 21.3 Å². The fraction of sp³-hybridized carbons (Fsp3) is 0. The average molecular weight is 393 g/mol. The molecule has 5 nitrogen and oxygen atoms in total. The molecule has 7 heteroatoms. The highest BCUT2D eigenvalue weighted by atomic mass is 127. The molecule has 2 rings (SSSR count). The number of aromatic nitrogens is 3. The molecule has 0 unspecified atom stereocenters. The summed E-state index contributed by atoms with van der Waals surface area (Å²) in [5, 5.41) is 10.1. The highest BCUT2D eigenvalue weighted by Gasteiger charge is 2.17. The second-order valence-corrected chi connectivity index (χ2v) is 4.92. The summed E-state index contributed by atoms with van der Waals surface area (Å²) in [4.78, 5) is 11.1. The molecule has 0 aliphatic rings. The van der Waals surface area contributed by atoms with Gasteiger partial charge in [0.1, 0.15) is 5.69 Å².